The molecule has 1 heterocycles. The van der Waals surface area contributed by atoms with Gasteiger partial charge in [-0.25, -0.2) is 0 Å². The minimum Gasteiger partial charge on any atom is -0.278 e. The number of halogens is 1. The van der Waals surface area contributed by atoms with Crippen molar-refractivity contribution in [1.82, 2.24) is 4.98 Å². The fourth-order valence-corrected chi connectivity index (χ4v) is 2.66. The fraction of sp³-hybridized carbons (Fsp3) is 0.0588. The molecule has 110 valence electrons. The SMILES string of the molecule is CSc1ccc(/C=N/Nc2ccnc3cc(Cl)ccc23)cc1. The van der Waals surface area contributed by atoms with E-state index in [4.69, 9.17) is 11.6 Å². The monoisotopic (exact) mass is 327 g/mol. The van der Waals surface area contributed by atoms with Gasteiger partial charge in [0.1, 0.15) is 0 Å². The molecule has 0 aliphatic heterocycles. The van der Waals surface area contributed by atoms with Gasteiger partial charge in [0.2, 0.25) is 0 Å². The lowest BCUT2D eigenvalue weighted by atomic mass is 10.2. The average Bonchev–Trinajstić information content (AvgIpc) is 2.55. The summed E-state index contributed by atoms with van der Waals surface area (Å²) in [5.41, 5.74) is 5.86. The lowest BCUT2D eigenvalue weighted by molar-refractivity contribution is 1.33. The van der Waals surface area contributed by atoms with Gasteiger partial charge in [-0.3, -0.25) is 10.4 Å². The molecular weight excluding hydrogens is 314 g/mol. The third-order valence-corrected chi connectivity index (χ3v) is 4.20. The van der Waals surface area contributed by atoms with Gasteiger partial charge in [0.25, 0.3) is 0 Å². The summed E-state index contributed by atoms with van der Waals surface area (Å²) in [5.74, 6) is 0. The zero-order valence-corrected chi connectivity index (χ0v) is 13.5. The lowest BCUT2D eigenvalue weighted by Gasteiger charge is -2.05. The van der Waals surface area contributed by atoms with Crippen LogP contribution >= 0.6 is 23.4 Å². The Morgan fingerprint density at radius 1 is 1.14 bits per heavy atom. The van der Waals surface area contributed by atoms with Crippen LogP contribution in [-0.2, 0) is 0 Å². The van der Waals surface area contributed by atoms with E-state index in [2.05, 4.69) is 33.9 Å². The lowest BCUT2D eigenvalue weighted by Crippen LogP contribution is -1.92. The standard InChI is InChI=1S/C17H14ClN3S/c1-22-14-5-2-12(3-6-14)11-20-21-16-8-9-19-17-10-13(18)4-7-15(16)17/h2-11H,1H3,(H,19,21)/b20-11+. The van der Waals surface area contributed by atoms with E-state index in [1.807, 2.05) is 36.4 Å². The molecule has 0 spiro atoms. The number of hydrogen-bond donors (Lipinski definition) is 1. The third-order valence-electron chi connectivity index (χ3n) is 3.22. The first-order chi connectivity index (χ1) is 10.8. The molecule has 0 saturated heterocycles. The van der Waals surface area contributed by atoms with E-state index in [1.165, 1.54) is 4.90 Å². The normalized spacial score (nSPS) is 11.2. The predicted octanol–water partition coefficient (Wildman–Crippen LogP) is 5.06. The number of nitrogens with one attached hydrogen (secondary N) is 1. The second kappa shape index (κ2) is 6.81. The van der Waals surface area contributed by atoms with Crippen LogP contribution < -0.4 is 5.43 Å². The van der Waals surface area contributed by atoms with Crippen molar-refractivity contribution in [2.45, 2.75) is 4.90 Å². The van der Waals surface area contributed by atoms with Gasteiger partial charge in [0, 0.05) is 21.5 Å². The van der Waals surface area contributed by atoms with Crippen molar-refractivity contribution in [2.75, 3.05) is 11.7 Å². The van der Waals surface area contributed by atoms with Crippen molar-refractivity contribution in [3.63, 3.8) is 0 Å². The van der Waals surface area contributed by atoms with Crippen molar-refractivity contribution in [2.24, 2.45) is 5.10 Å². The van der Waals surface area contributed by atoms with Crippen LogP contribution in [0.25, 0.3) is 10.9 Å². The van der Waals surface area contributed by atoms with Gasteiger partial charge in [0.15, 0.2) is 0 Å². The summed E-state index contributed by atoms with van der Waals surface area (Å²) in [5, 5.41) is 5.96. The molecule has 0 atom stereocenters. The molecule has 3 aromatic rings. The van der Waals surface area contributed by atoms with Crippen LogP contribution in [0.15, 0.2) is 64.7 Å². The second-order valence-electron chi connectivity index (χ2n) is 4.66. The highest BCUT2D eigenvalue weighted by molar-refractivity contribution is 7.98. The minimum absolute atomic E-state index is 0.675. The summed E-state index contributed by atoms with van der Waals surface area (Å²) in [7, 11) is 0. The predicted molar refractivity (Wildman–Crippen MR) is 96.2 cm³/mol. The topological polar surface area (TPSA) is 37.3 Å². The van der Waals surface area contributed by atoms with Gasteiger partial charge in [-0.05, 0) is 48.2 Å². The first kappa shape index (κ1) is 14.9. The molecule has 0 saturated carbocycles. The number of aromatic nitrogens is 1. The minimum atomic E-state index is 0.675. The van der Waals surface area contributed by atoms with E-state index in [-0.39, 0.29) is 0 Å². The van der Waals surface area contributed by atoms with Crippen LogP contribution in [0, 0.1) is 0 Å². The fourth-order valence-electron chi connectivity index (χ4n) is 2.09. The molecule has 1 aromatic heterocycles. The zero-order chi connectivity index (χ0) is 15.4. The van der Waals surface area contributed by atoms with Crippen LogP contribution in [-0.4, -0.2) is 17.5 Å². The summed E-state index contributed by atoms with van der Waals surface area (Å²) in [4.78, 5) is 5.55. The Morgan fingerprint density at radius 2 is 1.95 bits per heavy atom. The highest BCUT2D eigenvalue weighted by atomic mass is 35.5. The van der Waals surface area contributed by atoms with Crippen molar-refractivity contribution < 1.29 is 0 Å². The number of fused-ring (bicyclic) bond motifs is 1. The summed E-state index contributed by atoms with van der Waals surface area (Å²) in [6.07, 6.45) is 5.60. The Kier molecular flexibility index (Phi) is 4.61. The number of nitrogens with zero attached hydrogens (tertiary/aromatic N) is 2. The van der Waals surface area contributed by atoms with Gasteiger partial charge in [0.05, 0.1) is 17.4 Å². The smallest absolute Gasteiger partial charge is 0.0738 e. The Bertz CT molecular complexity index is 816. The van der Waals surface area contributed by atoms with Crippen LogP contribution in [0.3, 0.4) is 0 Å². The van der Waals surface area contributed by atoms with E-state index in [1.54, 1.807) is 24.2 Å². The molecule has 5 heteroatoms. The van der Waals surface area contributed by atoms with Crippen LogP contribution in [0.5, 0.6) is 0 Å². The third kappa shape index (κ3) is 3.40. The summed E-state index contributed by atoms with van der Waals surface area (Å²) in [6, 6.07) is 15.8. The number of pyridine rings is 1. The number of thioether (sulfide) groups is 1. The van der Waals surface area contributed by atoms with Crippen LogP contribution in [0.4, 0.5) is 5.69 Å². The maximum atomic E-state index is 5.99. The van der Waals surface area contributed by atoms with Crippen molar-refractivity contribution in [1.29, 1.82) is 0 Å². The number of hydrazone groups is 1. The number of hydrogen-bond acceptors (Lipinski definition) is 4. The maximum Gasteiger partial charge on any atom is 0.0738 e. The van der Waals surface area contributed by atoms with E-state index >= 15 is 0 Å². The molecule has 0 unspecified atom stereocenters. The van der Waals surface area contributed by atoms with Gasteiger partial charge >= 0.3 is 0 Å². The first-order valence-corrected chi connectivity index (χ1v) is 8.34. The second-order valence-corrected chi connectivity index (χ2v) is 5.98. The number of anilines is 1. The van der Waals surface area contributed by atoms with Gasteiger partial charge in [-0.15, -0.1) is 11.8 Å². The number of benzene rings is 2. The molecule has 3 rings (SSSR count). The first-order valence-electron chi connectivity index (χ1n) is 6.74. The maximum absolute atomic E-state index is 5.99. The van der Waals surface area contributed by atoms with Gasteiger partial charge < -0.3 is 0 Å². The summed E-state index contributed by atoms with van der Waals surface area (Å²) < 4.78 is 0. The van der Waals surface area contributed by atoms with Gasteiger partial charge in [-0.1, -0.05) is 23.7 Å². The molecule has 0 aliphatic carbocycles. The highest BCUT2D eigenvalue weighted by Crippen LogP contribution is 2.24. The van der Waals surface area contributed by atoms with Crippen molar-refractivity contribution in [3.8, 4) is 0 Å². The quantitative estimate of drug-likeness (QED) is 0.413. The number of rotatable bonds is 4. The van der Waals surface area contributed by atoms with Crippen LogP contribution in [0.2, 0.25) is 5.02 Å². The largest absolute Gasteiger partial charge is 0.278 e. The molecule has 0 bridgehead atoms. The average molecular weight is 328 g/mol. The van der Waals surface area contributed by atoms with Crippen LogP contribution in [0.1, 0.15) is 5.56 Å². The Hall–Kier alpha value is -2.04. The molecule has 2 aromatic carbocycles. The van der Waals surface area contributed by atoms with E-state index in [9.17, 15) is 0 Å². The molecule has 0 amide bonds. The van der Waals surface area contributed by atoms with Gasteiger partial charge in [-0.2, -0.15) is 5.10 Å². The van der Waals surface area contributed by atoms with E-state index < -0.39 is 0 Å². The zero-order valence-electron chi connectivity index (χ0n) is 12.0. The van der Waals surface area contributed by atoms with Crippen molar-refractivity contribution >= 4 is 46.2 Å². The summed E-state index contributed by atoms with van der Waals surface area (Å²) >= 11 is 7.71. The highest BCUT2D eigenvalue weighted by Gasteiger charge is 2.01. The molecule has 0 radical (unpaired) electrons. The Balaban J connectivity index is 1.79. The molecular formula is C17H14ClN3S. The summed E-state index contributed by atoms with van der Waals surface area (Å²) in [6.45, 7) is 0. The molecule has 0 fully saturated rings. The molecule has 1 N–H and O–H groups in total. The van der Waals surface area contributed by atoms with E-state index in [0.717, 1.165) is 22.2 Å². The molecule has 22 heavy (non-hydrogen) atoms. The molecule has 0 aliphatic rings. The Labute approximate surface area is 138 Å². The molecule has 3 nitrogen and oxygen atoms in total. The van der Waals surface area contributed by atoms with E-state index in [0.29, 0.717) is 5.02 Å². The van der Waals surface area contributed by atoms with Crippen molar-refractivity contribution in [3.05, 3.63) is 65.3 Å². The Morgan fingerprint density at radius 3 is 2.73 bits per heavy atom.